The van der Waals surface area contributed by atoms with E-state index in [1.54, 1.807) is 0 Å². The van der Waals surface area contributed by atoms with Crippen LogP contribution in [0.5, 0.6) is 0 Å². The largest absolute Gasteiger partial charge is 0.294 e. The molecule has 0 fully saturated rings. The van der Waals surface area contributed by atoms with E-state index in [1.807, 2.05) is 12.1 Å². The van der Waals surface area contributed by atoms with Crippen molar-refractivity contribution in [1.29, 1.82) is 0 Å². The van der Waals surface area contributed by atoms with Gasteiger partial charge in [0.05, 0.1) is 0 Å². The van der Waals surface area contributed by atoms with Gasteiger partial charge in [0.1, 0.15) is 0 Å². The molecular formula is C22H28O. The first-order chi connectivity index (χ1) is 10.8. The zero-order valence-corrected chi connectivity index (χ0v) is 15.1. The van der Waals surface area contributed by atoms with Crippen molar-refractivity contribution in [2.45, 2.75) is 60.3 Å². The number of Topliss-reactive ketones (excluding diaryl/α,β-unsaturated/α-hetero) is 1. The van der Waals surface area contributed by atoms with Gasteiger partial charge in [0.15, 0.2) is 5.78 Å². The molecule has 0 bridgehead atoms. The van der Waals surface area contributed by atoms with Crippen molar-refractivity contribution in [3.8, 4) is 0 Å². The Bertz CT molecular complexity index is 670. The molecule has 2 aliphatic rings. The standard InChI is InChI=1S/C22H28O/c1-14-6-8-19(9-7-14)21(23)22-12-17(4)15(2)10-20(22)11-16(3)18(5)13-22/h6-9,20H,10-13H2,1-5H3. The Balaban J connectivity index is 2.07. The molecule has 0 atom stereocenters. The molecule has 0 heterocycles. The van der Waals surface area contributed by atoms with Crippen molar-refractivity contribution in [1.82, 2.24) is 0 Å². The van der Waals surface area contributed by atoms with Crippen LogP contribution in [-0.2, 0) is 0 Å². The number of benzene rings is 1. The molecular weight excluding hydrogens is 280 g/mol. The van der Waals surface area contributed by atoms with Crippen molar-refractivity contribution in [2.24, 2.45) is 11.3 Å². The maximum absolute atomic E-state index is 13.5. The molecule has 0 radical (unpaired) electrons. The molecule has 0 N–H and O–H groups in total. The minimum absolute atomic E-state index is 0.220. The summed E-state index contributed by atoms with van der Waals surface area (Å²) in [5.74, 6) is 0.824. The summed E-state index contributed by atoms with van der Waals surface area (Å²) in [5.41, 5.74) is 7.72. The molecule has 122 valence electrons. The lowest BCUT2D eigenvalue weighted by Crippen LogP contribution is -2.44. The van der Waals surface area contributed by atoms with E-state index in [0.29, 0.717) is 11.7 Å². The van der Waals surface area contributed by atoms with Crippen molar-refractivity contribution in [3.05, 3.63) is 57.7 Å². The van der Waals surface area contributed by atoms with Gasteiger partial charge < -0.3 is 0 Å². The monoisotopic (exact) mass is 308 g/mol. The molecule has 0 amide bonds. The Morgan fingerprint density at radius 2 is 1.30 bits per heavy atom. The van der Waals surface area contributed by atoms with Crippen LogP contribution < -0.4 is 0 Å². The van der Waals surface area contributed by atoms with Gasteiger partial charge in [0.2, 0.25) is 0 Å². The van der Waals surface area contributed by atoms with Crippen LogP contribution in [0.1, 0.15) is 69.3 Å². The second-order valence-electron chi connectivity index (χ2n) is 7.93. The van der Waals surface area contributed by atoms with Crippen LogP contribution in [0.2, 0.25) is 0 Å². The molecule has 1 aromatic carbocycles. The Morgan fingerprint density at radius 3 is 1.78 bits per heavy atom. The number of carbonyl (C=O) groups excluding carboxylic acids is 1. The maximum atomic E-state index is 13.5. The molecule has 3 rings (SSSR count). The summed E-state index contributed by atoms with van der Waals surface area (Å²) in [6, 6.07) is 8.16. The molecule has 0 aliphatic heterocycles. The number of hydrogen-bond donors (Lipinski definition) is 0. The van der Waals surface area contributed by atoms with Gasteiger partial charge in [0, 0.05) is 11.0 Å². The summed E-state index contributed by atoms with van der Waals surface area (Å²) in [5, 5.41) is 0. The second kappa shape index (κ2) is 5.78. The summed E-state index contributed by atoms with van der Waals surface area (Å²) in [7, 11) is 0. The Labute approximate surface area is 140 Å². The van der Waals surface area contributed by atoms with Gasteiger partial charge in [-0.1, -0.05) is 52.1 Å². The molecule has 0 unspecified atom stereocenters. The van der Waals surface area contributed by atoms with Crippen molar-refractivity contribution >= 4 is 5.78 Å². The summed E-state index contributed by atoms with van der Waals surface area (Å²) in [6.45, 7) is 11.0. The van der Waals surface area contributed by atoms with Crippen LogP contribution in [0.4, 0.5) is 0 Å². The number of fused-ring (bicyclic) bond motifs is 1. The highest BCUT2D eigenvalue weighted by Gasteiger charge is 2.49. The normalized spacial score (nSPS) is 28.0. The molecule has 2 aliphatic carbocycles. The minimum Gasteiger partial charge on any atom is -0.294 e. The fourth-order valence-corrected chi connectivity index (χ4v) is 4.49. The van der Waals surface area contributed by atoms with E-state index in [1.165, 1.54) is 27.9 Å². The van der Waals surface area contributed by atoms with E-state index in [0.717, 1.165) is 31.2 Å². The van der Waals surface area contributed by atoms with Gasteiger partial charge >= 0.3 is 0 Å². The van der Waals surface area contributed by atoms with Crippen molar-refractivity contribution < 1.29 is 4.79 Å². The number of allylic oxidation sites excluding steroid dienone is 4. The first-order valence-electron chi connectivity index (χ1n) is 8.75. The van der Waals surface area contributed by atoms with E-state index in [-0.39, 0.29) is 5.41 Å². The third-order valence-corrected chi connectivity index (χ3v) is 6.27. The zero-order chi connectivity index (χ0) is 16.8. The lowest BCUT2D eigenvalue weighted by Gasteiger charge is -2.47. The van der Waals surface area contributed by atoms with E-state index in [4.69, 9.17) is 0 Å². The Hall–Kier alpha value is -1.63. The highest BCUT2D eigenvalue weighted by atomic mass is 16.1. The molecule has 0 saturated carbocycles. The van der Waals surface area contributed by atoms with Crippen molar-refractivity contribution in [3.63, 3.8) is 0 Å². The highest BCUT2D eigenvalue weighted by Crippen LogP contribution is 2.54. The van der Waals surface area contributed by atoms with Crippen LogP contribution >= 0.6 is 0 Å². The maximum Gasteiger partial charge on any atom is 0.169 e. The third kappa shape index (κ3) is 2.71. The molecule has 0 spiro atoms. The van der Waals surface area contributed by atoms with Crippen molar-refractivity contribution in [2.75, 3.05) is 0 Å². The number of aryl methyl sites for hydroxylation is 1. The summed E-state index contributed by atoms with van der Waals surface area (Å²) in [6.07, 6.45) is 4.02. The number of carbonyl (C=O) groups is 1. The Morgan fingerprint density at radius 1 is 0.826 bits per heavy atom. The topological polar surface area (TPSA) is 17.1 Å². The lowest BCUT2D eigenvalue weighted by atomic mass is 9.55. The summed E-state index contributed by atoms with van der Waals surface area (Å²) in [4.78, 5) is 13.5. The fourth-order valence-electron chi connectivity index (χ4n) is 4.49. The van der Waals surface area contributed by atoms with E-state index in [9.17, 15) is 4.79 Å². The lowest BCUT2D eigenvalue weighted by molar-refractivity contribution is 0.0605. The molecule has 1 heteroatoms. The first kappa shape index (κ1) is 16.2. The third-order valence-electron chi connectivity index (χ3n) is 6.27. The highest BCUT2D eigenvalue weighted by molar-refractivity contribution is 6.01. The van der Waals surface area contributed by atoms with Crippen LogP contribution in [0, 0.1) is 18.3 Å². The quantitative estimate of drug-likeness (QED) is 0.481. The van der Waals surface area contributed by atoms with Gasteiger partial charge in [-0.05, 0) is 66.2 Å². The molecule has 23 heavy (non-hydrogen) atoms. The minimum atomic E-state index is -0.220. The van der Waals surface area contributed by atoms with Crippen LogP contribution in [-0.4, -0.2) is 5.78 Å². The van der Waals surface area contributed by atoms with Gasteiger partial charge in [-0.25, -0.2) is 0 Å². The predicted octanol–water partition coefficient (Wildman–Crippen LogP) is 6.04. The van der Waals surface area contributed by atoms with E-state index in [2.05, 4.69) is 46.8 Å². The van der Waals surface area contributed by atoms with Crippen LogP contribution in [0.15, 0.2) is 46.6 Å². The first-order valence-corrected chi connectivity index (χ1v) is 8.75. The number of ketones is 1. The van der Waals surface area contributed by atoms with Crippen LogP contribution in [0.3, 0.4) is 0 Å². The number of hydrogen-bond acceptors (Lipinski definition) is 1. The van der Waals surface area contributed by atoms with Crippen LogP contribution in [0.25, 0.3) is 0 Å². The SMILES string of the molecule is CC1=C(C)CC2(C(=O)c3ccc(C)cc3)CC(C)=C(C)CC2C1. The number of rotatable bonds is 2. The average molecular weight is 308 g/mol. The zero-order valence-electron chi connectivity index (χ0n) is 15.1. The smallest absolute Gasteiger partial charge is 0.169 e. The molecule has 1 aromatic rings. The van der Waals surface area contributed by atoms with Gasteiger partial charge in [-0.2, -0.15) is 0 Å². The molecule has 0 aromatic heterocycles. The van der Waals surface area contributed by atoms with E-state index < -0.39 is 0 Å². The fraction of sp³-hybridized carbons (Fsp3) is 0.500. The predicted molar refractivity (Wildman–Crippen MR) is 96.6 cm³/mol. The Kier molecular flexibility index (Phi) is 4.08. The summed E-state index contributed by atoms with van der Waals surface area (Å²) >= 11 is 0. The second-order valence-corrected chi connectivity index (χ2v) is 7.93. The van der Waals surface area contributed by atoms with Gasteiger partial charge in [-0.3, -0.25) is 4.79 Å². The van der Waals surface area contributed by atoms with Gasteiger partial charge in [-0.15, -0.1) is 0 Å². The van der Waals surface area contributed by atoms with Gasteiger partial charge in [0.25, 0.3) is 0 Å². The summed E-state index contributed by atoms with van der Waals surface area (Å²) < 4.78 is 0. The molecule has 0 saturated heterocycles. The molecule has 1 nitrogen and oxygen atoms in total. The average Bonchev–Trinajstić information content (AvgIpc) is 2.51. The van der Waals surface area contributed by atoms with E-state index >= 15 is 0 Å².